The summed E-state index contributed by atoms with van der Waals surface area (Å²) < 4.78 is 20.9. The summed E-state index contributed by atoms with van der Waals surface area (Å²) in [7, 11) is -5.31. The molecule has 0 bridgehead atoms. The molecule has 0 aromatic carbocycles. The zero-order valence-corrected chi connectivity index (χ0v) is 10.5. The topological polar surface area (TPSA) is 72.4 Å². The second-order valence-electron chi connectivity index (χ2n) is 0.516. The molecule has 0 aromatic heterocycles. The van der Waals surface area contributed by atoms with Crippen LogP contribution in [0.1, 0.15) is 0 Å². The van der Waals surface area contributed by atoms with Gasteiger partial charge in [0, 0.05) is 0 Å². The molecule has 0 aliphatic rings. The molecule has 0 aliphatic heterocycles. The van der Waals surface area contributed by atoms with Crippen molar-refractivity contribution >= 4 is 7.82 Å². The van der Waals surface area contributed by atoms with Crippen LogP contribution in [0, 0.1) is 0 Å². The fourth-order valence-corrected chi connectivity index (χ4v) is 0. The third kappa shape index (κ3) is 15.9. The molecule has 8 heteroatoms. The third-order valence-electron chi connectivity index (χ3n) is 0.0845. The SMILES string of the molecule is O=P([O-])([O-])OF.[K+].[Na+]. The van der Waals surface area contributed by atoms with E-state index >= 15 is 0 Å². The smallest absolute Gasteiger partial charge is 0.787 e. The zero-order chi connectivity index (χ0) is 5.21. The summed E-state index contributed by atoms with van der Waals surface area (Å²) in [5, 5.41) is 0. The van der Waals surface area contributed by atoms with Crippen LogP contribution in [-0.2, 0) is 9.29 Å². The van der Waals surface area contributed by atoms with Gasteiger partial charge in [-0.25, -0.2) is 0 Å². The zero-order valence-electron chi connectivity index (χ0n) is 4.46. The molecule has 0 saturated carbocycles. The van der Waals surface area contributed by atoms with Gasteiger partial charge in [0.2, 0.25) is 0 Å². The molecule has 0 aliphatic carbocycles. The number of phosphoric acid groups is 1. The quantitative estimate of drug-likeness (QED) is 0.294. The minimum absolute atomic E-state index is 0. The third-order valence-corrected chi connectivity index (χ3v) is 0.254. The van der Waals surface area contributed by atoms with Gasteiger partial charge in [-0.05, 0) is 4.53 Å². The Morgan fingerprint density at radius 1 is 1.50 bits per heavy atom. The molecule has 0 amide bonds. The summed E-state index contributed by atoms with van der Waals surface area (Å²) in [5.74, 6) is 0. The molecule has 0 heterocycles. The van der Waals surface area contributed by atoms with Crippen molar-refractivity contribution in [2.45, 2.75) is 0 Å². The van der Waals surface area contributed by atoms with Crippen molar-refractivity contribution in [3.63, 3.8) is 0 Å². The normalized spacial score (nSPS) is 8.88. The molecule has 0 radical (unpaired) electrons. The molecular weight excluding hydrogens is 176 g/mol. The standard InChI is InChI=1S/FH2O4P.K.Na/c1-5-6(2,3)4;;/h(H2,2,3,4);;/q;2*+1/p-2. The first-order chi connectivity index (χ1) is 2.56. The molecule has 4 nitrogen and oxygen atoms in total. The summed E-state index contributed by atoms with van der Waals surface area (Å²) in [6, 6.07) is 0. The van der Waals surface area contributed by atoms with Crippen LogP contribution >= 0.6 is 7.82 Å². The van der Waals surface area contributed by atoms with E-state index in [0.717, 1.165) is 0 Å². The molecule has 0 N–H and O–H groups in total. The van der Waals surface area contributed by atoms with Gasteiger partial charge in [0.15, 0.2) is 0 Å². The maximum absolute atomic E-state index is 10.1. The second kappa shape index (κ2) is 7.78. The van der Waals surface area contributed by atoms with Crippen molar-refractivity contribution in [2.75, 3.05) is 0 Å². The van der Waals surface area contributed by atoms with Crippen LogP contribution in [0.5, 0.6) is 0 Å². The van der Waals surface area contributed by atoms with Gasteiger partial charge in [-0.2, -0.15) is 4.73 Å². The van der Waals surface area contributed by atoms with Crippen molar-refractivity contribution in [1.82, 2.24) is 0 Å². The van der Waals surface area contributed by atoms with Gasteiger partial charge in [-0.3, -0.25) is 0 Å². The van der Waals surface area contributed by atoms with Gasteiger partial charge in [0.05, 0.1) is 0 Å². The van der Waals surface area contributed by atoms with E-state index in [2.05, 4.69) is 0 Å². The van der Waals surface area contributed by atoms with E-state index in [1.165, 1.54) is 0 Å². The maximum atomic E-state index is 10.1. The minimum atomic E-state index is -5.31. The van der Waals surface area contributed by atoms with Crippen LogP contribution in [0.4, 0.5) is 4.53 Å². The van der Waals surface area contributed by atoms with Gasteiger partial charge < -0.3 is 14.4 Å². The summed E-state index contributed by atoms with van der Waals surface area (Å²) in [4.78, 5) is 17.8. The Hall–Kier alpha value is 2.68. The average molecular weight is 176 g/mol. The fourth-order valence-electron chi connectivity index (χ4n) is 0. The molecule has 8 heavy (non-hydrogen) atoms. The Morgan fingerprint density at radius 2 is 1.62 bits per heavy atom. The minimum Gasteiger partial charge on any atom is -0.787 e. The van der Waals surface area contributed by atoms with Gasteiger partial charge in [-0.15, -0.1) is 0 Å². The van der Waals surface area contributed by atoms with Crippen LogP contribution in [0.2, 0.25) is 0 Å². The van der Waals surface area contributed by atoms with Crippen molar-refractivity contribution in [2.24, 2.45) is 0 Å². The van der Waals surface area contributed by atoms with Gasteiger partial charge >= 0.3 is 80.9 Å². The van der Waals surface area contributed by atoms with Crippen molar-refractivity contribution in [3.05, 3.63) is 0 Å². The number of hydrogen-bond donors (Lipinski definition) is 0. The van der Waals surface area contributed by atoms with Crippen molar-refractivity contribution < 1.29 is 105 Å². The Kier molecular flexibility index (Phi) is 16.5. The Labute approximate surface area is 110 Å². The molecule has 0 spiro atoms. The first-order valence-electron chi connectivity index (χ1n) is 0.885. The largest absolute Gasteiger partial charge is 1.00 e. The molecule has 0 rings (SSSR count). The molecular formula is FKNaO4P. The summed E-state index contributed by atoms with van der Waals surface area (Å²) in [6.07, 6.45) is 0. The molecule has 0 saturated heterocycles. The van der Waals surface area contributed by atoms with Crippen LogP contribution in [0.25, 0.3) is 0 Å². The van der Waals surface area contributed by atoms with Crippen molar-refractivity contribution in [3.8, 4) is 0 Å². The fraction of sp³-hybridized carbons (Fsp3) is 0. The second-order valence-corrected chi connectivity index (χ2v) is 1.55. The maximum Gasteiger partial charge on any atom is 1.00 e. The molecule has 0 atom stereocenters. The summed E-state index contributed by atoms with van der Waals surface area (Å²) in [5.41, 5.74) is 0. The summed E-state index contributed by atoms with van der Waals surface area (Å²) in [6.45, 7) is 0. The summed E-state index contributed by atoms with van der Waals surface area (Å²) >= 11 is 0. The van der Waals surface area contributed by atoms with Gasteiger partial charge in [0.1, 0.15) is 7.82 Å². The Bertz CT molecular complexity index is 80.1. The predicted octanol–water partition coefficient (Wildman–Crippen LogP) is -7.28. The van der Waals surface area contributed by atoms with Gasteiger partial charge in [0.25, 0.3) is 0 Å². The monoisotopic (exact) mass is 176 g/mol. The molecule has 0 unspecified atom stereocenters. The van der Waals surface area contributed by atoms with E-state index in [1.54, 1.807) is 0 Å². The average Bonchev–Trinajstić information content (AvgIpc) is 1.35. The molecule has 0 aromatic rings. The molecule has 0 fully saturated rings. The first kappa shape index (κ1) is 17.0. The van der Waals surface area contributed by atoms with Crippen LogP contribution in [0.3, 0.4) is 0 Å². The van der Waals surface area contributed by atoms with Crippen molar-refractivity contribution in [1.29, 1.82) is 0 Å². The van der Waals surface area contributed by atoms with Crippen LogP contribution < -0.4 is 90.7 Å². The Morgan fingerprint density at radius 3 is 1.62 bits per heavy atom. The van der Waals surface area contributed by atoms with E-state index in [4.69, 9.17) is 14.4 Å². The van der Waals surface area contributed by atoms with E-state index in [1.807, 2.05) is 4.73 Å². The number of hydrogen-bond acceptors (Lipinski definition) is 4. The van der Waals surface area contributed by atoms with E-state index < -0.39 is 7.82 Å². The number of rotatable bonds is 1. The van der Waals surface area contributed by atoms with E-state index in [0.29, 0.717) is 0 Å². The predicted molar refractivity (Wildman–Crippen MR) is 9.80 cm³/mol. The first-order valence-corrected chi connectivity index (χ1v) is 2.35. The Balaban J connectivity index is -0.000000125. The van der Waals surface area contributed by atoms with E-state index in [9.17, 15) is 4.53 Å². The van der Waals surface area contributed by atoms with Crippen LogP contribution in [-0.4, -0.2) is 0 Å². The van der Waals surface area contributed by atoms with Crippen LogP contribution in [0.15, 0.2) is 0 Å². The van der Waals surface area contributed by atoms with Gasteiger partial charge in [-0.1, -0.05) is 0 Å². The molecule has 38 valence electrons. The number of halogens is 1. The van der Waals surface area contributed by atoms with E-state index in [-0.39, 0.29) is 80.9 Å².